The van der Waals surface area contributed by atoms with Crippen molar-refractivity contribution in [3.8, 4) is 0 Å². The van der Waals surface area contributed by atoms with Crippen molar-refractivity contribution < 1.29 is 4.79 Å². The van der Waals surface area contributed by atoms with Gasteiger partial charge in [-0.3, -0.25) is 4.79 Å². The fraction of sp³-hybridized carbons (Fsp3) is 0.235. The first-order valence-electron chi connectivity index (χ1n) is 6.77. The zero-order chi connectivity index (χ0) is 15.2. The number of carbonyl (C=O) groups excluding carboxylic acids is 1. The second kappa shape index (κ2) is 7.57. The molecular formula is C17H19NOS2. The SMILES string of the molecule is CSc1ccccc1NC(=O)[C@H](C)Sc1ccc(C)cc1. The van der Waals surface area contributed by atoms with Crippen LogP contribution in [0.15, 0.2) is 58.3 Å². The number of thioether (sulfide) groups is 2. The minimum atomic E-state index is -0.136. The molecular weight excluding hydrogens is 298 g/mol. The number of hydrogen-bond acceptors (Lipinski definition) is 3. The maximum absolute atomic E-state index is 12.3. The molecule has 21 heavy (non-hydrogen) atoms. The van der Waals surface area contributed by atoms with E-state index in [4.69, 9.17) is 0 Å². The second-order valence-electron chi connectivity index (χ2n) is 4.76. The van der Waals surface area contributed by atoms with Crippen molar-refractivity contribution in [1.82, 2.24) is 0 Å². The third-order valence-electron chi connectivity index (χ3n) is 3.07. The summed E-state index contributed by atoms with van der Waals surface area (Å²) in [5, 5.41) is 2.88. The van der Waals surface area contributed by atoms with Gasteiger partial charge in [0.15, 0.2) is 0 Å². The van der Waals surface area contributed by atoms with E-state index < -0.39 is 0 Å². The number of para-hydroxylation sites is 1. The molecule has 1 atom stereocenters. The van der Waals surface area contributed by atoms with Crippen molar-refractivity contribution in [2.45, 2.75) is 28.9 Å². The summed E-state index contributed by atoms with van der Waals surface area (Å²) < 4.78 is 0. The Morgan fingerprint density at radius 3 is 2.43 bits per heavy atom. The standard InChI is InChI=1S/C17H19NOS2/c1-12-8-10-14(11-9-12)21-13(2)17(19)18-15-6-4-5-7-16(15)20-3/h4-11,13H,1-3H3,(H,18,19)/t13-/m0/s1. The molecule has 0 aliphatic carbocycles. The van der Waals surface area contributed by atoms with E-state index in [0.29, 0.717) is 0 Å². The van der Waals surface area contributed by atoms with E-state index in [1.54, 1.807) is 23.5 Å². The number of anilines is 1. The first kappa shape index (κ1) is 16.0. The molecule has 0 radical (unpaired) electrons. The number of amides is 1. The Kier molecular flexibility index (Phi) is 5.76. The van der Waals surface area contributed by atoms with Crippen molar-refractivity contribution in [2.75, 3.05) is 11.6 Å². The van der Waals surface area contributed by atoms with Crippen LogP contribution in [0.5, 0.6) is 0 Å². The van der Waals surface area contributed by atoms with Crippen molar-refractivity contribution in [2.24, 2.45) is 0 Å². The van der Waals surface area contributed by atoms with E-state index in [2.05, 4.69) is 36.5 Å². The van der Waals surface area contributed by atoms with Crippen LogP contribution in [0.1, 0.15) is 12.5 Å². The maximum atomic E-state index is 12.3. The lowest BCUT2D eigenvalue weighted by Crippen LogP contribution is -2.22. The minimum absolute atomic E-state index is 0.0297. The highest BCUT2D eigenvalue weighted by Gasteiger charge is 2.15. The molecule has 0 aliphatic heterocycles. The molecule has 2 aromatic rings. The minimum Gasteiger partial charge on any atom is -0.324 e. The molecule has 0 saturated carbocycles. The number of rotatable bonds is 5. The third-order valence-corrected chi connectivity index (χ3v) is 4.98. The van der Waals surface area contributed by atoms with Crippen LogP contribution in [0, 0.1) is 6.92 Å². The Morgan fingerprint density at radius 2 is 1.76 bits per heavy atom. The molecule has 0 saturated heterocycles. The lowest BCUT2D eigenvalue weighted by Gasteiger charge is -2.14. The van der Waals surface area contributed by atoms with Crippen LogP contribution in [0.4, 0.5) is 5.69 Å². The Labute approximate surface area is 134 Å². The molecule has 0 heterocycles. The summed E-state index contributed by atoms with van der Waals surface area (Å²) in [6.45, 7) is 3.99. The van der Waals surface area contributed by atoms with Crippen LogP contribution < -0.4 is 5.32 Å². The molecule has 0 aromatic heterocycles. The highest BCUT2D eigenvalue weighted by atomic mass is 32.2. The van der Waals surface area contributed by atoms with E-state index in [-0.39, 0.29) is 11.2 Å². The van der Waals surface area contributed by atoms with Gasteiger partial charge in [0.2, 0.25) is 5.91 Å². The fourth-order valence-electron chi connectivity index (χ4n) is 1.86. The quantitative estimate of drug-likeness (QED) is 0.800. The van der Waals surface area contributed by atoms with E-state index >= 15 is 0 Å². The van der Waals surface area contributed by atoms with Gasteiger partial charge in [-0.15, -0.1) is 23.5 Å². The summed E-state index contributed by atoms with van der Waals surface area (Å²) >= 11 is 3.21. The molecule has 0 bridgehead atoms. The van der Waals surface area contributed by atoms with Gasteiger partial charge < -0.3 is 5.32 Å². The molecule has 2 nitrogen and oxygen atoms in total. The molecule has 2 rings (SSSR count). The normalized spacial score (nSPS) is 12.0. The highest BCUT2D eigenvalue weighted by molar-refractivity contribution is 8.00. The summed E-state index contributed by atoms with van der Waals surface area (Å²) in [7, 11) is 0. The van der Waals surface area contributed by atoms with Gasteiger partial charge in [-0.25, -0.2) is 0 Å². The van der Waals surface area contributed by atoms with Crippen molar-refractivity contribution >= 4 is 35.1 Å². The van der Waals surface area contributed by atoms with Crippen molar-refractivity contribution in [3.05, 3.63) is 54.1 Å². The number of carbonyl (C=O) groups is 1. The van der Waals surface area contributed by atoms with Gasteiger partial charge >= 0.3 is 0 Å². The maximum Gasteiger partial charge on any atom is 0.237 e. The summed E-state index contributed by atoms with van der Waals surface area (Å²) in [5.74, 6) is 0.0297. The lowest BCUT2D eigenvalue weighted by molar-refractivity contribution is -0.115. The monoisotopic (exact) mass is 317 g/mol. The smallest absolute Gasteiger partial charge is 0.237 e. The Balaban J connectivity index is 2.01. The van der Waals surface area contributed by atoms with E-state index in [1.807, 2.05) is 37.4 Å². The first-order valence-corrected chi connectivity index (χ1v) is 8.88. The zero-order valence-electron chi connectivity index (χ0n) is 12.4. The van der Waals surface area contributed by atoms with Crippen LogP contribution >= 0.6 is 23.5 Å². The van der Waals surface area contributed by atoms with E-state index in [9.17, 15) is 4.79 Å². The molecule has 0 fully saturated rings. The predicted octanol–water partition coefficient (Wildman–Crippen LogP) is 4.84. The average Bonchev–Trinajstić information content (AvgIpc) is 2.50. The summed E-state index contributed by atoms with van der Waals surface area (Å²) in [6.07, 6.45) is 2.01. The summed E-state index contributed by atoms with van der Waals surface area (Å²) in [4.78, 5) is 14.5. The molecule has 1 N–H and O–H groups in total. The number of hydrogen-bond donors (Lipinski definition) is 1. The van der Waals surface area contributed by atoms with Gasteiger partial charge in [-0.05, 0) is 44.4 Å². The second-order valence-corrected chi connectivity index (χ2v) is 7.02. The van der Waals surface area contributed by atoms with Gasteiger partial charge in [-0.2, -0.15) is 0 Å². The van der Waals surface area contributed by atoms with E-state index in [0.717, 1.165) is 15.5 Å². The number of nitrogens with one attached hydrogen (secondary N) is 1. The largest absolute Gasteiger partial charge is 0.324 e. The molecule has 0 spiro atoms. The molecule has 0 unspecified atom stereocenters. The molecule has 110 valence electrons. The number of benzene rings is 2. The molecule has 2 aromatic carbocycles. The van der Waals surface area contributed by atoms with Gasteiger partial charge in [0.25, 0.3) is 0 Å². The summed E-state index contributed by atoms with van der Waals surface area (Å²) in [5.41, 5.74) is 2.11. The van der Waals surface area contributed by atoms with Gasteiger partial charge in [0, 0.05) is 9.79 Å². The van der Waals surface area contributed by atoms with Crippen LogP contribution in [-0.4, -0.2) is 17.4 Å². The van der Waals surface area contributed by atoms with Crippen molar-refractivity contribution in [1.29, 1.82) is 0 Å². The summed E-state index contributed by atoms with van der Waals surface area (Å²) in [6, 6.07) is 16.1. The van der Waals surface area contributed by atoms with Gasteiger partial charge in [0.1, 0.15) is 0 Å². The Hall–Kier alpha value is -1.39. The first-order chi connectivity index (χ1) is 10.1. The molecule has 4 heteroatoms. The van der Waals surface area contributed by atoms with Crippen LogP contribution in [0.3, 0.4) is 0 Å². The highest BCUT2D eigenvalue weighted by Crippen LogP contribution is 2.27. The predicted molar refractivity (Wildman–Crippen MR) is 93.4 cm³/mol. The fourth-order valence-corrected chi connectivity index (χ4v) is 3.28. The molecule has 1 amide bonds. The average molecular weight is 317 g/mol. The van der Waals surface area contributed by atoms with Crippen LogP contribution in [-0.2, 0) is 4.79 Å². The Morgan fingerprint density at radius 1 is 1.10 bits per heavy atom. The molecule has 0 aliphatic rings. The lowest BCUT2D eigenvalue weighted by atomic mass is 10.2. The van der Waals surface area contributed by atoms with Crippen molar-refractivity contribution in [3.63, 3.8) is 0 Å². The van der Waals surface area contributed by atoms with Gasteiger partial charge in [0.05, 0.1) is 10.9 Å². The van der Waals surface area contributed by atoms with Gasteiger partial charge in [-0.1, -0.05) is 29.8 Å². The Bertz CT molecular complexity index is 610. The third kappa shape index (κ3) is 4.55. The van der Waals surface area contributed by atoms with Crippen LogP contribution in [0.2, 0.25) is 0 Å². The topological polar surface area (TPSA) is 29.1 Å². The van der Waals surface area contributed by atoms with E-state index in [1.165, 1.54) is 5.56 Å². The number of aryl methyl sites for hydroxylation is 1. The zero-order valence-corrected chi connectivity index (χ0v) is 14.1. The van der Waals surface area contributed by atoms with Crippen LogP contribution in [0.25, 0.3) is 0 Å².